The van der Waals surface area contributed by atoms with Gasteiger partial charge in [-0.05, 0) is 78.9 Å². The van der Waals surface area contributed by atoms with Crippen LogP contribution in [0.15, 0.2) is 96.4 Å². The normalized spacial score (nSPS) is 15.7. The predicted octanol–water partition coefficient (Wildman–Crippen LogP) is 6.63. The van der Waals surface area contributed by atoms with Crippen LogP contribution in [0.3, 0.4) is 0 Å². The van der Waals surface area contributed by atoms with E-state index in [1.54, 1.807) is 48.4 Å². The highest BCUT2D eigenvalue weighted by molar-refractivity contribution is 7.99. The first kappa shape index (κ1) is 48.3. The number of hydrogen-bond acceptors (Lipinski definition) is 13. The number of aliphatic hydroxyl groups is 1. The Morgan fingerprint density at radius 3 is 2.28 bits per heavy atom. The van der Waals surface area contributed by atoms with Crippen molar-refractivity contribution >= 4 is 46.9 Å². The molecule has 16 nitrogen and oxygen atoms in total. The monoisotopic (exact) mass is 922 g/mol. The summed E-state index contributed by atoms with van der Waals surface area (Å²) in [6, 6.07) is 28.2. The summed E-state index contributed by atoms with van der Waals surface area (Å²) in [6.07, 6.45) is 2.56. The average Bonchev–Trinajstić information content (AvgIpc) is 4.08. The first-order chi connectivity index (χ1) is 31.3. The Morgan fingerprint density at radius 2 is 1.66 bits per heavy atom. The number of esters is 1. The molecular weight excluding hydrogens is 869 g/mol. The van der Waals surface area contributed by atoms with Crippen LogP contribution < -0.4 is 5.32 Å². The van der Waals surface area contributed by atoms with E-state index in [1.165, 1.54) is 4.90 Å². The number of aliphatic carboxylic acids is 1. The number of thioether (sulfide) groups is 1. The second-order valence-electron chi connectivity index (χ2n) is 15.9. The van der Waals surface area contributed by atoms with Crippen molar-refractivity contribution in [3.8, 4) is 22.5 Å². The number of benzene rings is 3. The third-order valence-corrected chi connectivity index (χ3v) is 13.1. The molecule has 0 saturated carbocycles. The number of amides is 1. The number of carbonyl (C=O) groups is 4. The molecule has 18 heteroatoms. The lowest BCUT2D eigenvalue weighted by molar-refractivity contribution is -0.148. The van der Waals surface area contributed by atoms with Crippen LogP contribution in [0.1, 0.15) is 83.8 Å². The van der Waals surface area contributed by atoms with Gasteiger partial charge < -0.3 is 29.5 Å². The van der Waals surface area contributed by atoms with E-state index in [0.717, 1.165) is 39.1 Å². The Labute approximate surface area is 385 Å². The zero-order chi connectivity index (χ0) is 46.5. The molecule has 342 valence electrons. The van der Waals surface area contributed by atoms with Crippen LogP contribution in [0.2, 0.25) is 0 Å². The smallest absolute Gasteiger partial charge is 0.354 e. The van der Waals surface area contributed by atoms with E-state index in [2.05, 4.69) is 30.9 Å². The number of tetrazole rings is 1. The molecule has 3 aromatic carbocycles. The van der Waals surface area contributed by atoms with E-state index in [-0.39, 0.29) is 35.7 Å². The minimum absolute atomic E-state index is 0.00420. The number of aryl methyl sites for hydroxylation is 2. The number of ether oxygens (including phenoxy) is 1. The number of aromatic carboxylic acids is 1. The van der Waals surface area contributed by atoms with Crippen molar-refractivity contribution in [1.29, 1.82) is 0 Å². The van der Waals surface area contributed by atoms with Crippen LogP contribution in [0, 0.1) is 0 Å². The van der Waals surface area contributed by atoms with E-state index in [1.807, 2.05) is 103 Å². The molecule has 6 aromatic rings. The number of aromatic amines is 1. The molecule has 1 amide bonds. The summed E-state index contributed by atoms with van der Waals surface area (Å²) in [6.45, 7) is 7.41. The van der Waals surface area contributed by atoms with Crippen LogP contribution in [-0.4, -0.2) is 112 Å². The first-order valence-corrected chi connectivity index (χ1v) is 23.3. The summed E-state index contributed by atoms with van der Waals surface area (Å²) >= 11 is 3.20. The summed E-state index contributed by atoms with van der Waals surface area (Å²) in [4.78, 5) is 56.3. The quantitative estimate of drug-likeness (QED) is 0.0571. The van der Waals surface area contributed by atoms with Crippen molar-refractivity contribution in [3.63, 3.8) is 0 Å². The number of hydrogen-bond donors (Lipinski definition) is 5. The van der Waals surface area contributed by atoms with Gasteiger partial charge in [0.05, 0.1) is 17.9 Å². The van der Waals surface area contributed by atoms with Crippen LogP contribution in [0.25, 0.3) is 22.5 Å². The summed E-state index contributed by atoms with van der Waals surface area (Å²) in [5.74, 6) is -1.25. The van der Waals surface area contributed by atoms with Crippen molar-refractivity contribution in [2.24, 2.45) is 0 Å². The van der Waals surface area contributed by atoms with Gasteiger partial charge in [0.1, 0.15) is 29.7 Å². The van der Waals surface area contributed by atoms with Gasteiger partial charge >= 0.3 is 17.9 Å². The molecule has 1 saturated heterocycles. The largest absolute Gasteiger partial charge is 0.480 e. The molecule has 0 unspecified atom stereocenters. The van der Waals surface area contributed by atoms with Gasteiger partial charge in [0.15, 0.2) is 5.69 Å². The van der Waals surface area contributed by atoms with Crippen LogP contribution in [0.4, 0.5) is 0 Å². The number of nitrogens with zero attached hydrogens (tertiary/aromatic N) is 6. The molecule has 7 rings (SSSR count). The zero-order valence-electron chi connectivity index (χ0n) is 36.7. The molecule has 65 heavy (non-hydrogen) atoms. The van der Waals surface area contributed by atoms with E-state index >= 15 is 0 Å². The van der Waals surface area contributed by atoms with Crippen LogP contribution >= 0.6 is 23.1 Å². The molecule has 0 spiro atoms. The number of thiophene rings is 1. The maximum atomic E-state index is 13.2. The van der Waals surface area contributed by atoms with Gasteiger partial charge in [0, 0.05) is 35.7 Å². The van der Waals surface area contributed by atoms with Gasteiger partial charge in [-0.15, -0.1) is 33.3 Å². The van der Waals surface area contributed by atoms with Gasteiger partial charge in [-0.1, -0.05) is 91.9 Å². The van der Waals surface area contributed by atoms with Crippen molar-refractivity contribution in [2.45, 2.75) is 82.9 Å². The number of H-pyrrole nitrogens is 1. The topological polar surface area (TPSA) is 226 Å². The summed E-state index contributed by atoms with van der Waals surface area (Å²) < 4.78 is 6.94. The molecule has 1 fully saturated rings. The van der Waals surface area contributed by atoms with Gasteiger partial charge in [-0.2, -0.15) is 5.21 Å². The Kier molecular flexibility index (Phi) is 16.8. The molecule has 3 aromatic heterocycles. The lowest BCUT2D eigenvalue weighted by Crippen LogP contribution is -2.53. The van der Waals surface area contributed by atoms with Crippen molar-refractivity contribution < 1.29 is 39.2 Å². The number of rotatable bonds is 18. The molecule has 0 bridgehead atoms. The highest BCUT2D eigenvalue weighted by Gasteiger charge is 2.36. The number of carboxylic acid groups (broad SMARTS) is 2. The number of carboxylic acids is 2. The number of nitrogens with one attached hydrogen (secondary N) is 2. The molecule has 0 radical (unpaired) electrons. The van der Waals surface area contributed by atoms with Crippen molar-refractivity contribution in [2.75, 3.05) is 25.4 Å². The number of aromatic nitrogens is 6. The third kappa shape index (κ3) is 12.7. The second kappa shape index (κ2) is 22.6. The fourth-order valence-electron chi connectivity index (χ4n) is 7.53. The lowest BCUT2D eigenvalue weighted by atomic mass is 9.98. The summed E-state index contributed by atoms with van der Waals surface area (Å²) in [7, 11) is 0. The maximum absolute atomic E-state index is 13.2. The Morgan fingerprint density at radius 1 is 0.938 bits per heavy atom. The molecule has 1 aliphatic heterocycles. The average molecular weight is 923 g/mol. The molecule has 0 aliphatic carbocycles. The fraction of sp³-hybridized carbons (Fsp3) is 0.362. The van der Waals surface area contributed by atoms with Gasteiger partial charge in [-0.25, -0.2) is 9.78 Å². The van der Waals surface area contributed by atoms with Crippen LogP contribution in [-0.2, 0) is 44.1 Å². The third-order valence-electron chi connectivity index (χ3n) is 10.6. The van der Waals surface area contributed by atoms with Gasteiger partial charge in [-0.3, -0.25) is 19.7 Å². The van der Waals surface area contributed by atoms with Gasteiger partial charge in [0.25, 0.3) is 0 Å². The van der Waals surface area contributed by atoms with E-state index in [0.29, 0.717) is 49.8 Å². The summed E-state index contributed by atoms with van der Waals surface area (Å²) in [5, 5.41) is 49.2. The summed E-state index contributed by atoms with van der Waals surface area (Å²) in [5.41, 5.74) is 3.68. The first-order valence-electron chi connectivity index (χ1n) is 21.4. The number of imidazole rings is 1. The van der Waals surface area contributed by atoms with Crippen molar-refractivity contribution in [3.05, 3.63) is 130 Å². The molecule has 3 atom stereocenters. The Hall–Kier alpha value is -6.21. The molecule has 1 aliphatic rings. The lowest BCUT2D eigenvalue weighted by Gasteiger charge is -2.26. The highest BCUT2D eigenvalue weighted by atomic mass is 32.2. The highest BCUT2D eigenvalue weighted by Crippen LogP contribution is 2.36. The van der Waals surface area contributed by atoms with E-state index < -0.39 is 35.6 Å². The van der Waals surface area contributed by atoms with Crippen LogP contribution in [0.5, 0.6) is 0 Å². The van der Waals surface area contributed by atoms with E-state index in [4.69, 9.17) is 4.74 Å². The second-order valence-corrected chi connectivity index (χ2v) is 18.1. The molecule has 5 N–H and O–H groups in total. The minimum atomic E-state index is -1.36. The van der Waals surface area contributed by atoms with Gasteiger partial charge in [0.2, 0.25) is 11.7 Å². The SMILES string of the molecule is CCCc1nc(C(C)(C)O)c(C(=O)O)n1Cc1ccc(-c2ccccc2-c2nn[nH]n2)cc1.CCOC(=O)[C@H](CCc1ccccc1)N[C@H]1CS[C@H](c2cccs2)CN(CC(=O)O)C1=O. The Bertz CT molecular complexity index is 2490. The standard InChI is InChI=1S/C24H26N6O3.C23H28N2O5S2/c1-4-7-19-25-21(24(2,3)33)20(23(31)32)30(19)14-15-10-12-16(13-11-15)17-8-5-6-9-18(17)22-26-28-29-27-22;1-2-30-23(29)17(11-10-16-7-4-3-5-8-16)24-18-15-32-20(19-9-6-12-31-19)13-25(22(18)28)14-21(26)27/h5-6,8-13,33H,4,7,14H2,1-3H3,(H,31,32)(H,26,27,28,29);3-9,12,17-18,20,24H,2,10-11,13-15H2,1H3,(H,26,27)/t;17-,18-,20-/m.0/s1. The number of carbonyl (C=O) groups excluding carboxylic acids is 2. The molecule has 4 heterocycles. The van der Waals surface area contributed by atoms with E-state index in [9.17, 15) is 34.5 Å². The Balaban J connectivity index is 0.000000216. The zero-order valence-corrected chi connectivity index (χ0v) is 38.3. The van der Waals surface area contributed by atoms with Crippen molar-refractivity contribution in [1.82, 2.24) is 40.4 Å². The molecular formula is C47H54N8O8S2. The fourth-order valence-corrected chi connectivity index (χ4v) is 9.79. The maximum Gasteiger partial charge on any atom is 0.354 e. The predicted molar refractivity (Wildman–Crippen MR) is 248 cm³/mol. The minimum Gasteiger partial charge on any atom is -0.480 e.